The van der Waals surface area contributed by atoms with Crippen LogP contribution in [0.2, 0.25) is 0 Å². The Bertz CT molecular complexity index is 532. The number of allylic oxidation sites excluding steroid dienone is 2. The molecule has 4 rings (SSSR count). The molecule has 0 heterocycles. The lowest BCUT2D eigenvalue weighted by Gasteiger charge is -2.58. The van der Waals surface area contributed by atoms with Crippen LogP contribution in [0.5, 0.6) is 0 Å². The molecule has 0 aromatic heterocycles. The SMILES string of the molecule is CC1CC2=CC[C@@H]3[C@@H](CC[C@]4(C)C(=O)CC[C@@H]34)[C@@]2(C)CC1C. The number of hydrogen-bond acceptors (Lipinski definition) is 1. The minimum absolute atomic E-state index is 0.0243. The van der Waals surface area contributed by atoms with E-state index in [2.05, 4.69) is 33.8 Å². The van der Waals surface area contributed by atoms with E-state index >= 15 is 0 Å². The summed E-state index contributed by atoms with van der Waals surface area (Å²) in [6.07, 6.45) is 11.0. The summed E-state index contributed by atoms with van der Waals surface area (Å²) in [5.41, 5.74) is 2.23. The van der Waals surface area contributed by atoms with Crippen LogP contribution in [-0.2, 0) is 4.79 Å². The molecular formula is C21H32O. The molecule has 0 radical (unpaired) electrons. The molecular weight excluding hydrogens is 268 g/mol. The van der Waals surface area contributed by atoms with E-state index < -0.39 is 0 Å². The van der Waals surface area contributed by atoms with Crippen molar-refractivity contribution in [1.82, 2.24) is 0 Å². The highest BCUT2D eigenvalue weighted by Crippen LogP contribution is 2.64. The molecule has 0 aromatic rings. The lowest BCUT2D eigenvalue weighted by molar-refractivity contribution is -0.132. The van der Waals surface area contributed by atoms with Gasteiger partial charge in [0.1, 0.15) is 5.78 Å². The van der Waals surface area contributed by atoms with Gasteiger partial charge < -0.3 is 0 Å². The number of carbonyl (C=O) groups is 1. The van der Waals surface area contributed by atoms with Gasteiger partial charge in [-0.15, -0.1) is 0 Å². The summed E-state index contributed by atoms with van der Waals surface area (Å²) < 4.78 is 0. The van der Waals surface area contributed by atoms with E-state index in [4.69, 9.17) is 0 Å². The molecule has 3 saturated carbocycles. The van der Waals surface area contributed by atoms with E-state index in [0.717, 1.165) is 36.5 Å². The van der Waals surface area contributed by atoms with Crippen molar-refractivity contribution in [3.05, 3.63) is 11.6 Å². The first-order chi connectivity index (χ1) is 10.4. The van der Waals surface area contributed by atoms with Crippen molar-refractivity contribution in [2.45, 2.75) is 72.6 Å². The van der Waals surface area contributed by atoms with Gasteiger partial charge in [-0.25, -0.2) is 0 Å². The molecule has 2 unspecified atom stereocenters. The summed E-state index contributed by atoms with van der Waals surface area (Å²) in [7, 11) is 0. The first kappa shape index (κ1) is 15.0. The zero-order chi connectivity index (χ0) is 15.7. The maximum absolute atomic E-state index is 12.4. The molecule has 122 valence electrons. The highest BCUT2D eigenvalue weighted by Gasteiger charge is 2.58. The molecule has 3 fully saturated rings. The minimum Gasteiger partial charge on any atom is -0.299 e. The van der Waals surface area contributed by atoms with Gasteiger partial charge in [0.05, 0.1) is 0 Å². The molecule has 0 N–H and O–H groups in total. The Morgan fingerprint density at radius 3 is 2.55 bits per heavy atom. The van der Waals surface area contributed by atoms with Gasteiger partial charge in [-0.05, 0) is 73.5 Å². The Balaban J connectivity index is 1.70. The van der Waals surface area contributed by atoms with E-state index in [0.29, 0.717) is 17.1 Å². The molecule has 0 aliphatic heterocycles. The second-order valence-electron chi connectivity index (χ2n) is 9.54. The fraction of sp³-hybridized carbons (Fsp3) is 0.857. The highest BCUT2D eigenvalue weighted by atomic mass is 16.1. The summed E-state index contributed by atoms with van der Waals surface area (Å²) in [5, 5.41) is 0. The predicted octanol–water partition coefficient (Wildman–Crippen LogP) is 5.40. The monoisotopic (exact) mass is 300 g/mol. The normalized spacial score (nSPS) is 54.3. The molecule has 0 saturated heterocycles. The van der Waals surface area contributed by atoms with Gasteiger partial charge in [-0.1, -0.05) is 39.3 Å². The maximum atomic E-state index is 12.4. The predicted molar refractivity (Wildman–Crippen MR) is 90.4 cm³/mol. The van der Waals surface area contributed by atoms with Crippen LogP contribution in [-0.4, -0.2) is 5.78 Å². The maximum Gasteiger partial charge on any atom is 0.139 e. The fourth-order valence-electron chi connectivity index (χ4n) is 6.95. The van der Waals surface area contributed by atoms with Gasteiger partial charge in [-0.2, -0.15) is 0 Å². The van der Waals surface area contributed by atoms with E-state index in [1.54, 1.807) is 5.57 Å². The van der Waals surface area contributed by atoms with Crippen LogP contribution in [0.25, 0.3) is 0 Å². The van der Waals surface area contributed by atoms with Crippen molar-refractivity contribution in [2.24, 2.45) is 40.4 Å². The van der Waals surface area contributed by atoms with Gasteiger partial charge >= 0.3 is 0 Å². The first-order valence-electron chi connectivity index (χ1n) is 9.59. The number of Topliss-reactive ketones (excluding diaryl/α,β-unsaturated/α-hetero) is 1. The smallest absolute Gasteiger partial charge is 0.139 e. The Morgan fingerprint density at radius 2 is 1.77 bits per heavy atom. The van der Waals surface area contributed by atoms with Crippen LogP contribution in [0.3, 0.4) is 0 Å². The van der Waals surface area contributed by atoms with Gasteiger partial charge in [-0.3, -0.25) is 4.79 Å². The molecule has 0 amide bonds. The molecule has 1 heteroatoms. The molecule has 0 spiro atoms. The van der Waals surface area contributed by atoms with Gasteiger partial charge in [0.25, 0.3) is 0 Å². The number of rotatable bonds is 0. The third-order valence-corrected chi connectivity index (χ3v) is 8.59. The average Bonchev–Trinajstić information content (AvgIpc) is 2.77. The molecule has 0 bridgehead atoms. The van der Waals surface area contributed by atoms with Crippen LogP contribution in [0.4, 0.5) is 0 Å². The number of hydrogen-bond donors (Lipinski definition) is 0. The van der Waals surface area contributed by atoms with Gasteiger partial charge in [0.2, 0.25) is 0 Å². The van der Waals surface area contributed by atoms with Crippen LogP contribution in [0.1, 0.15) is 72.6 Å². The second kappa shape index (κ2) is 4.71. The highest BCUT2D eigenvalue weighted by molar-refractivity contribution is 5.87. The lowest BCUT2D eigenvalue weighted by Crippen LogP contribution is -2.51. The zero-order valence-corrected chi connectivity index (χ0v) is 14.8. The summed E-state index contributed by atoms with van der Waals surface area (Å²) in [6, 6.07) is 0. The van der Waals surface area contributed by atoms with Crippen molar-refractivity contribution < 1.29 is 4.79 Å². The Kier molecular flexibility index (Phi) is 3.20. The number of carbonyl (C=O) groups excluding carboxylic acids is 1. The standard InChI is InChI=1S/C21H32O/c1-13-11-15-5-6-16-17-7-8-19(22)20(17,3)10-9-18(16)21(15,4)12-14(13)2/h5,13-14,16-18H,6-12H2,1-4H3/t13?,14?,16-,17-,18+,20-,21-/m0/s1. The summed E-state index contributed by atoms with van der Waals surface area (Å²) in [6.45, 7) is 9.75. The van der Waals surface area contributed by atoms with Crippen LogP contribution in [0.15, 0.2) is 11.6 Å². The third kappa shape index (κ3) is 1.80. The molecule has 0 aromatic carbocycles. The van der Waals surface area contributed by atoms with E-state index in [1.165, 1.54) is 32.1 Å². The zero-order valence-electron chi connectivity index (χ0n) is 14.8. The van der Waals surface area contributed by atoms with Crippen molar-refractivity contribution in [1.29, 1.82) is 0 Å². The third-order valence-electron chi connectivity index (χ3n) is 8.59. The quantitative estimate of drug-likeness (QED) is 0.547. The van der Waals surface area contributed by atoms with Crippen LogP contribution < -0.4 is 0 Å². The largest absolute Gasteiger partial charge is 0.299 e. The summed E-state index contributed by atoms with van der Waals surface area (Å²) in [5.74, 6) is 4.55. The minimum atomic E-state index is 0.0243. The van der Waals surface area contributed by atoms with E-state index in [-0.39, 0.29) is 5.41 Å². The molecule has 22 heavy (non-hydrogen) atoms. The summed E-state index contributed by atoms with van der Waals surface area (Å²) in [4.78, 5) is 12.4. The fourth-order valence-corrected chi connectivity index (χ4v) is 6.95. The van der Waals surface area contributed by atoms with E-state index in [9.17, 15) is 4.79 Å². The van der Waals surface area contributed by atoms with Crippen molar-refractivity contribution >= 4 is 5.78 Å². The molecule has 4 aliphatic carbocycles. The summed E-state index contributed by atoms with van der Waals surface area (Å²) >= 11 is 0. The van der Waals surface area contributed by atoms with Gasteiger partial charge in [0.15, 0.2) is 0 Å². The first-order valence-corrected chi connectivity index (χ1v) is 9.59. The number of fused-ring (bicyclic) bond motifs is 5. The molecule has 7 atom stereocenters. The molecule has 4 aliphatic rings. The average molecular weight is 300 g/mol. The van der Waals surface area contributed by atoms with Crippen LogP contribution >= 0.6 is 0 Å². The van der Waals surface area contributed by atoms with Crippen LogP contribution in [0, 0.1) is 40.4 Å². The topological polar surface area (TPSA) is 17.1 Å². The Hall–Kier alpha value is -0.590. The van der Waals surface area contributed by atoms with E-state index in [1.807, 2.05) is 0 Å². The van der Waals surface area contributed by atoms with Crippen molar-refractivity contribution in [2.75, 3.05) is 0 Å². The lowest BCUT2D eigenvalue weighted by atomic mass is 9.46. The Morgan fingerprint density at radius 1 is 1.05 bits per heavy atom. The molecule has 1 nitrogen and oxygen atoms in total. The van der Waals surface area contributed by atoms with Gasteiger partial charge in [0, 0.05) is 11.8 Å². The number of ketones is 1. The Labute approximate surface area is 135 Å². The van der Waals surface area contributed by atoms with Crippen molar-refractivity contribution in [3.63, 3.8) is 0 Å². The van der Waals surface area contributed by atoms with Crippen molar-refractivity contribution in [3.8, 4) is 0 Å². The second-order valence-corrected chi connectivity index (χ2v) is 9.54.